The predicted octanol–water partition coefficient (Wildman–Crippen LogP) is 3.97. The van der Waals surface area contributed by atoms with E-state index in [0.29, 0.717) is 4.75 Å². The Hall–Kier alpha value is 1.40. The van der Waals surface area contributed by atoms with Crippen molar-refractivity contribution in [1.29, 1.82) is 0 Å². The van der Waals surface area contributed by atoms with Crippen LogP contribution >= 0.6 is 45.1 Å². The summed E-state index contributed by atoms with van der Waals surface area (Å²) in [4.78, 5) is 0. The molecule has 0 aromatic rings. The molecule has 0 spiro atoms. The number of thioether (sulfide) groups is 2. The van der Waals surface area contributed by atoms with Crippen LogP contribution in [0.2, 0.25) is 0 Å². The van der Waals surface area contributed by atoms with Crippen molar-refractivity contribution in [2.45, 2.75) is 30.3 Å². The fourth-order valence-electron chi connectivity index (χ4n) is 1.22. The van der Waals surface area contributed by atoms with E-state index in [4.69, 9.17) is 0 Å². The van der Waals surface area contributed by atoms with Crippen molar-refractivity contribution >= 4 is 45.1 Å². The van der Waals surface area contributed by atoms with E-state index in [-0.39, 0.29) is 0 Å². The summed E-state index contributed by atoms with van der Waals surface area (Å²) in [6.07, 6.45) is 3.54. The Morgan fingerprint density at radius 2 is 2.25 bits per heavy atom. The minimum atomic E-state index is 0.510. The Bertz CT molecular complexity index is 139. The second kappa shape index (κ2) is 5.32. The fraction of sp³-hybridized carbons (Fsp3) is 1.00. The van der Waals surface area contributed by atoms with Crippen LogP contribution in [0.4, 0.5) is 0 Å². The first-order valence-electron chi connectivity index (χ1n) is 4.14. The van der Waals surface area contributed by atoms with E-state index in [1.807, 2.05) is 33.3 Å². The van der Waals surface area contributed by atoms with Gasteiger partial charge in [0.1, 0.15) is 0 Å². The summed E-state index contributed by atoms with van der Waals surface area (Å²) in [6.45, 7) is 4.74. The van der Waals surface area contributed by atoms with E-state index in [1.165, 1.54) is 17.3 Å². The zero-order chi connectivity index (χ0) is 9.03. The molecule has 0 saturated carbocycles. The highest BCUT2D eigenvalue weighted by Crippen LogP contribution is 2.46. The normalized spacial score (nSPS) is 37.8. The van der Waals surface area contributed by atoms with Crippen LogP contribution in [0.15, 0.2) is 0 Å². The summed E-state index contributed by atoms with van der Waals surface area (Å²) in [5, 5.41) is 2.08. The van der Waals surface area contributed by atoms with Gasteiger partial charge in [0, 0.05) is 15.7 Å². The zero-order valence-corrected chi connectivity index (χ0v) is 11.1. The van der Waals surface area contributed by atoms with E-state index in [1.54, 1.807) is 0 Å². The highest BCUT2D eigenvalue weighted by Gasteiger charge is 2.34. The molecule has 0 aromatic carbocycles. The molecule has 1 aliphatic heterocycles. The van der Waals surface area contributed by atoms with Crippen LogP contribution in [0.3, 0.4) is 0 Å². The van der Waals surface area contributed by atoms with Crippen LogP contribution in [-0.2, 0) is 0 Å². The molecule has 0 bridgehead atoms. The van der Waals surface area contributed by atoms with Gasteiger partial charge in [-0.1, -0.05) is 28.5 Å². The smallest absolute Gasteiger partial charge is 0.0501 e. The fourth-order valence-corrected chi connectivity index (χ4v) is 7.83. The lowest BCUT2D eigenvalue weighted by Crippen LogP contribution is -2.34. The van der Waals surface area contributed by atoms with Crippen LogP contribution < -0.4 is 0 Å². The molecule has 0 amide bonds. The van der Waals surface area contributed by atoms with Gasteiger partial charge in [-0.05, 0) is 19.6 Å². The average molecular weight is 240 g/mol. The maximum absolute atomic E-state index is 2.42. The predicted molar refractivity (Wildman–Crippen MR) is 68.5 cm³/mol. The molecule has 0 aliphatic carbocycles. The Labute approximate surface area is 92.2 Å². The van der Waals surface area contributed by atoms with E-state index in [2.05, 4.69) is 31.9 Å². The molecule has 4 heteroatoms. The van der Waals surface area contributed by atoms with E-state index in [0.717, 1.165) is 5.25 Å². The summed E-state index contributed by atoms with van der Waals surface area (Å²) >= 11 is 4.18. The molecule has 0 N–H and O–H groups in total. The van der Waals surface area contributed by atoms with Gasteiger partial charge in [-0.2, -0.15) is 11.8 Å². The third-order valence-corrected chi connectivity index (χ3v) is 8.52. The topological polar surface area (TPSA) is 0 Å². The maximum Gasteiger partial charge on any atom is 0.0501 e. The molecule has 2 atom stereocenters. The van der Waals surface area contributed by atoms with Crippen molar-refractivity contribution in [3.05, 3.63) is 0 Å². The molecule has 72 valence electrons. The Morgan fingerprint density at radius 1 is 1.50 bits per heavy atom. The van der Waals surface area contributed by atoms with Crippen molar-refractivity contribution in [3.63, 3.8) is 0 Å². The summed E-state index contributed by atoms with van der Waals surface area (Å²) in [6, 6.07) is 0. The van der Waals surface area contributed by atoms with Crippen LogP contribution in [0.1, 0.15) is 20.3 Å². The molecule has 1 heterocycles. The second-order valence-electron chi connectivity index (χ2n) is 3.06. The van der Waals surface area contributed by atoms with Crippen molar-refractivity contribution < 1.29 is 0 Å². The lowest BCUT2D eigenvalue weighted by atomic mass is 10.0. The largest absolute Gasteiger partial charge is 0.160 e. The lowest BCUT2D eigenvalue weighted by Gasteiger charge is -2.32. The SMILES string of the molecule is CC[C@]1(C)SCSSCC1SC. The monoisotopic (exact) mass is 240 g/mol. The van der Waals surface area contributed by atoms with Gasteiger partial charge in [0.15, 0.2) is 0 Å². The quantitative estimate of drug-likeness (QED) is 0.669. The van der Waals surface area contributed by atoms with Gasteiger partial charge in [0.05, 0.1) is 5.08 Å². The van der Waals surface area contributed by atoms with Gasteiger partial charge in [-0.3, -0.25) is 0 Å². The van der Waals surface area contributed by atoms with Crippen molar-refractivity contribution in [1.82, 2.24) is 0 Å². The Balaban J connectivity index is 2.63. The van der Waals surface area contributed by atoms with Crippen LogP contribution in [0, 0.1) is 0 Å². The number of hydrogen-bond donors (Lipinski definition) is 0. The lowest BCUT2D eigenvalue weighted by molar-refractivity contribution is 0.621. The van der Waals surface area contributed by atoms with E-state index < -0.39 is 0 Å². The number of rotatable bonds is 2. The van der Waals surface area contributed by atoms with Gasteiger partial charge in [0.25, 0.3) is 0 Å². The Morgan fingerprint density at radius 3 is 2.83 bits per heavy atom. The first-order chi connectivity index (χ1) is 5.73. The molecule has 1 fully saturated rings. The maximum atomic E-state index is 2.42. The zero-order valence-electron chi connectivity index (χ0n) is 7.83. The molecule has 1 rings (SSSR count). The standard InChI is InChI=1S/C8H16S4/c1-4-8(2)7(9-3)5-11-12-6-10-8/h7H,4-6H2,1-3H3/t7?,8-/m0/s1. The van der Waals surface area contributed by atoms with Crippen molar-refractivity contribution in [3.8, 4) is 0 Å². The molecule has 0 nitrogen and oxygen atoms in total. The average Bonchev–Trinajstić information content (AvgIpc) is 2.28. The minimum absolute atomic E-state index is 0.510. The van der Waals surface area contributed by atoms with Crippen molar-refractivity contribution in [2.75, 3.05) is 17.1 Å². The summed E-state index contributed by atoms with van der Waals surface area (Å²) in [7, 11) is 4.06. The molecular formula is C8H16S4. The second-order valence-corrected chi connectivity index (χ2v) is 8.48. The molecule has 0 aromatic heterocycles. The van der Waals surface area contributed by atoms with Crippen LogP contribution in [0.5, 0.6) is 0 Å². The third-order valence-electron chi connectivity index (χ3n) is 2.41. The minimum Gasteiger partial charge on any atom is -0.160 e. The molecule has 1 saturated heterocycles. The highest BCUT2D eigenvalue weighted by atomic mass is 33.1. The molecule has 1 aliphatic rings. The molecule has 0 radical (unpaired) electrons. The molecular weight excluding hydrogens is 224 g/mol. The van der Waals surface area contributed by atoms with Gasteiger partial charge in [-0.15, -0.1) is 11.8 Å². The summed E-state index contributed by atoms with van der Waals surface area (Å²) < 4.78 is 0.510. The van der Waals surface area contributed by atoms with Gasteiger partial charge in [0.2, 0.25) is 0 Å². The molecule has 1 unspecified atom stereocenters. The van der Waals surface area contributed by atoms with Gasteiger partial charge >= 0.3 is 0 Å². The van der Waals surface area contributed by atoms with Crippen LogP contribution in [0.25, 0.3) is 0 Å². The van der Waals surface area contributed by atoms with Gasteiger partial charge < -0.3 is 0 Å². The van der Waals surface area contributed by atoms with E-state index >= 15 is 0 Å². The number of hydrogen-bond acceptors (Lipinski definition) is 4. The summed E-state index contributed by atoms with van der Waals surface area (Å²) in [5.41, 5.74) is 0. The highest BCUT2D eigenvalue weighted by molar-refractivity contribution is 8.78. The first-order valence-corrected chi connectivity index (χ1v) is 8.90. The Kier molecular flexibility index (Phi) is 5.09. The third kappa shape index (κ3) is 2.69. The van der Waals surface area contributed by atoms with Crippen LogP contribution in [-0.4, -0.2) is 27.1 Å². The summed E-state index contributed by atoms with van der Waals surface area (Å²) in [5.74, 6) is 1.31. The van der Waals surface area contributed by atoms with Crippen molar-refractivity contribution in [2.24, 2.45) is 0 Å². The van der Waals surface area contributed by atoms with Gasteiger partial charge in [-0.25, -0.2) is 0 Å². The molecule has 12 heavy (non-hydrogen) atoms. The van der Waals surface area contributed by atoms with E-state index in [9.17, 15) is 0 Å². The first kappa shape index (κ1) is 11.5.